The Hall–Kier alpha value is -2.51. The summed E-state index contributed by atoms with van der Waals surface area (Å²) in [6.07, 6.45) is 3.51. The van der Waals surface area contributed by atoms with Gasteiger partial charge in [0.2, 0.25) is 17.6 Å². The summed E-state index contributed by atoms with van der Waals surface area (Å²) in [4.78, 5) is 20.7. The quantitative estimate of drug-likeness (QED) is 0.591. The summed E-state index contributed by atoms with van der Waals surface area (Å²) in [5.74, 6) is 1.46. The van der Waals surface area contributed by atoms with E-state index in [-0.39, 0.29) is 11.8 Å². The van der Waals surface area contributed by atoms with E-state index in [1.165, 1.54) is 11.1 Å². The van der Waals surface area contributed by atoms with Gasteiger partial charge in [0.25, 0.3) is 0 Å². The number of nitrogens with one attached hydrogen (secondary N) is 1. The van der Waals surface area contributed by atoms with Gasteiger partial charge < -0.3 is 9.84 Å². The molecule has 0 unspecified atom stereocenters. The van der Waals surface area contributed by atoms with Crippen LogP contribution in [-0.2, 0) is 24.2 Å². The third kappa shape index (κ3) is 4.63. The molecule has 0 radical (unpaired) electrons. The molecular formula is C23H28N4O2S. The van der Waals surface area contributed by atoms with E-state index in [0.717, 1.165) is 49.3 Å². The van der Waals surface area contributed by atoms with Gasteiger partial charge in [-0.05, 0) is 61.3 Å². The van der Waals surface area contributed by atoms with Crippen LogP contribution >= 0.6 is 11.3 Å². The Morgan fingerprint density at radius 2 is 1.90 bits per heavy atom. The van der Waals surface area contributed by atoms with Gasteiger partial charge in [-0.25, -0.2) is 0 Å². The lowest BCUT2D eigenvalue weighted by Gasteiger charge is -2.30. The van der Waals surface area contributed by atoms with E-state index in [0.29, 0.717) is 18.3 Å². The van der Waals surface area contributed by atoms with Gasteiger partial charge in [0.15, 0.2) is 0 Å². The van der Waals surface area contributed by atoms with Gasteiger partial charge in [-0.15, -0.1) is 11.3 Å². The Balaban J connectivity index is 1.32. The van der Waals surface area contributed by atoms with E-state index in [1.54, 1.807) is 11.3 Å². The lowest BCUT2D eigenvalue weighted by molar-refractivity contribution is -0.121. The van der Waals surface area contributed by atoms with Gasteiger partial charge in [-0.1, -0.05) is 43.3 Å². The molecule has 0 bridgehead atoms. The van der Waals surface area contributed by atoms with Crippen LogP contribution in [0.25, 0.3) is 10.7 Å². The van der Waals surface area contributed by atoms with E-state index < -0.39 is 0 Å². The van der Waals surface area contributed by atoms with Crippen LogP contribution in [0.3, 0.4) is 0 Å². The molecule has 1 aliphatic heterocycles. The fourth-order valence-electron chi connectivity index (χ4n) is 4.00. The highest BCUT2D eigenvalue weighted by molar-refractivity contribution is 7.13. The molecule has 1 aliphatic rings. The third-order valence-electron chi connectivity index (χ3n) is 5.77. The molecule has 3 aromatic rings. The van der Waals surface area contributed by atoms with Crippen molar-refractivity contribution in [3.8, 4) is 10.7 Å². The molecule has 4 rings (SSSR count). The minimum Gasteiger partial charge on any atom is -0.338 e. The molecule has 0 atom stereocenters. The van der Waals surface area contributed by atoms with Crippen LogP contribution in [0.5, 0.6) is 0 Å². The van der Waals surface area contributed by atoms with Crippen molar-refractivity contribution in [1.29, 1.82) is 0 Å². The minimum atomic E-state index is 0.0419. The van der Waals surface area contributed by atoms with Crippen molar-refractivity contribution in [3.63, 3.8) is 0 Å². The highest BCUT2D eigenvalue weighted by atomic mass is 32.1. The van der Waals surface area contributed by atoms with Gasteiger partial charge in [0.1, 0.15) is 0 Å². The number of aryl methyl sites for hydroxylation is 2. The van der Waals surface area contributed by atoms with Crippen LogP contribution in [0.1, 0.15) is 43.7 Å². The summed E-state index contributed by atoms with van der Waals surface area (Å²) in [6, 6.07) is 10.3. The first-order valence-corrected chi connectivity index (χ1v) is 11.6. The van der Waals surface area contributed by atoms with Gasteiger partial charge >= 0.3 is 0 Å². The van der Waals surface area contributed by atoms with Crippen LogP contribution in [0.4, 0.5) is 5.69 Å². The van der Waals surface area contributed by atoms with Crippen LogP contribution in [0.2, 0.25) is 0 Å². The average Bonchev–Trinajstić information content (AvgIpc) is 3.46. The summed E-state index contributed by atoms with van der Waals surface area (Å²) in [5.41, 5.74) is 3.43. The third-order valence-corrected chi connectivity index (χ3v) is 6.64. The zero-order valence-electron chi connectivity index (χ0n) is 17.6. The van der Waals surface area contributed by atoms with Crippen LogP contribution in [0.15, 0.2) is 40.2 Å². The number of thiophene rings is 1. The second-order valence-corrected chi connectivity index (χ2v) is 8.63. The monoisotopic (exact) mass is 424 g/mol. The van der Waals surface area contributed by atoms with Crippen molar-refractivity contribution in [1.82, 2.24) is 15.0 Å². The Labute approximate surface area is 181 Å². The van der Waals surface area contributed by atoms with E-state index in [1.807, 2.05) is 17.5 Å². The van der Waals surface area contributed by atoms with E-state index in [4.69, 9.17) is 4.52 Å². The molecule has 0 aliphatic carbocycles. The van der Waals surface area contributed by atoms with Crippen molar-refractivity contribution in [2.45, 2.75) is 46.1 Å². The zero-order chi connectivity index (χ0) is 20.9. The van der Waals surface area contributed by atoms with Gasteiger partial charge in [0.05, 0.1) is 11.4 Å². The minimum absolute atomic E-state index is 0.0419. The van der Waals surface area contributed by atoms with Gasteiger partial charge in [-0.3, -0.25) is 9.69 Å². The second kappa shape index (κ2) is 9.53. The predicted molar refractivity (Wildman–Crippen MR) is 119 cm³/mol. The number of hydrogen-bond donors (Lipinski definition) is 1. The summed E-state index contributed by atoms with van der Waals surface area (Å²) < 4.78 is 5.42. The molecule has 1 N–H and O–H groups in total. The van der Waals surface area contributed by atoms with Crippen LogP contribution < -0.4 is 5.32 Å². The number of likely N-dealkylation sites (tertiary alicyclic amines) is 1. The number of carbonyl (C=O) groups excluding carboxylic acids is 1. The Kier molecular flexibility index (Phi) is 6.59. The number of anilines is 1. The molecule has 158 valence electrons. The van der Waals surface area contributed by atoms with Crippen LogP contribution in [0, 0.1) is 5.92 Å². The van der Waals surface area contributed by atoms with Crippen molar-refractivity contribution >= 4 is 22.9 Å². The standard InChI is InChI=1S/C23H28N4O2S/c1-3-16-7-5-8-17(4-2)21(16)25-23(28)18-10-12-27(13-11-18)15-20-24-22(26-29-20)19-9-6-14-30-19/h5-9,14,18H,3-4,10-13,15H2,1-2H3,(H,25,28). The van der Waals surface area contributed by atoms with E-state index >= 15 is 0 Å². The molecule has 1 saturated heterocycles. The fraction of sp³-hybridized carbons (Fsp3) is 0.435. The van der Waals surface area contributed by atoms with Crippen molar-refractivity contribution in [2.75, 3.05) is 18.4 Å². The Morgan fingerprint density at radius 1 is 1.17 bits per heavy atom. The smallest absolute Gasteiger partial charge is 0.241 e. The first-order chi connectivity index (χ1) is 14.7. The maximum atomic E-state index is 12.9. The number of amides is 1. The van der Waals surface area contributed by atoms with Crippen LogP contribution in [-0.4, -0.2) is 34.0 Å². The van der Waals surface area contributed by atoms with Gasteiger partial charge in [0, 0.05) is 11.6 Å². The lowest BCUT2D eigenvalue weighted by atomic mass is 9.95. The molecule has 1 fully saturated rings. The molecule has 6 nitrogen and oxygen atoms in total. The zero-order valence-corrected chi connectivity index (χ0v) is 18.4. The number of piperidine rings is 1. The summed E-state index contributed by atoms with van der Waals surface area (Å²) in [7, 11) is 0. The van der Waals surface area contributed by atoms with E-state index in [2.05, 4.69) is 52.4 Å². The Bertz CT molecular complexity index is 953. The molecule has 7 heteroatoms. The summed E-state index contributed by atoms with van der Waals surface area (Å²) in [5, 5.41) is 9.32. The second-order valence-electron chi connectivity index (χ2n) is 7.69. The first kappa shape index (κ1) is 20.8. The molecule has 30 heavy (non-hydrogen) atoms. The predicted octanol–water partition coefficient (Wildman–Crippen LogP) is 4.77. The highest BCUT2D eigenvalue weighted by Crippen LogP contribution is 2.26. The van der Waals surface area contributed by atoms with Gasteiger partial charge in [-0.2, -0.15) is 4.98 Å². The number of benzene rings is 1. The summed E-state index contributed by atoms with van der Waals surface area (Å²) >= 11 is 1.60. The number of hydrogen-bond acceptors (Lipinski definition) is 6. The molecule has 3 heterocycles. The SMILES string of the molecule is CCc1cccc(CC)c1NC(=O)C1CCN(Cc2nc(-c3cccs3)no2)CC1. The van der Waals surface area contributed by atoms with Crippen molar-refractivity contribution in [3.05, 3.63) is 52.7 Å². The highest BCUT2D eigenvalue weighted by Gasteiger charge is 2.27. The maximum absolute atomic E-state index is 12.9. The number of para-hydroxylation sites is 1. The normalized spacial score (nSPS) is 15.4. The Morgan fingerprint density at radius 3 is 2.53 bits per heavy atom. The largest absolute Gasteiger partial charge is 0.338 e. The maximum Gasteiger partial charge on any atom is 0.241 e. The summed E-state index contributed by atoms with van der Waals surface area (Å²) in [6.45, 7) is 6.59. The molecule has 0 spiro atoms. The van der Waals surface area contributed by atoms with Crippen molar-refractivity contribution in [2.24, 2.45) is 5.92 Å². The molecule has 1 amide bonds. The molecule has 2 aromatic heterocycles. The average molecular weight is 425 g/mol. The molecule has 0 saturated carbocycles. The number of nitrogens with zero attached hydrogens (tertiary/aromatic N) is 3. The number of carbonyl (C=O) groups is 1. The van der Waals surface area contributed by atoms with E-state index in [9.17, 15) is 4.79 Å². The van der Waals surface area contributed by atoms with Crippen molar-refractivity contribution < 1.29 is 9.32 Å². The first-order valence-electron chi connectivity index (χ1n) is 10.7. The topological polar surface area (TPSA) is 71.3 Å². The fourth-order valence-corrected chi connectivity index (χ4v) is 4.65. The number of rotatable bonds is 7. The molecular weight excluding hydrogens is 396 g/mol. The lowest BCUT2D eigenvalue weighted by Crippen LogP contribution is -2.38. The molecule has 1 aromatic carbocycles. The number of aromatic nitrogens is 2.